The van der Waals surface area contributed by atoms with Crippen LogP contribution in [0.3, 0.4) is 0 Å². The van der Waals surface area contributed by atoms with E-state index in [2.05, 4.69) is 0 Å². The Bertz CT molecular complexity index is 367. The molecule has 0 aromatic heterocycles. The van der Waals surface area contributed by atoms with Gasteiger partial charge in [-0.1, -0.05) is 0 Å². The Balaban J connectivity index is 2.40. The molecule has 2 fully saturated rings. The van der Waals surface area contributed by atoms with Crippen LogP contribution in [-0.4, -0.2) is 41.5 Å². The summed E-state index contributed by atoms with van der Waals surface area (Å²) >= 11 is 0.460. The number of ketones is 2. The summed E-state index contributed by atoms with van der Waals surface area (Å²) < 4.78 is 1.85. The predicted octanol–water partition coefficient (Wildman–Crippen LogP) is 1.66. The van der Waals surface area contributed by atoms with Crippen molar-refractivity contribution in [2.75, 3.05) is 0 Å². The number of hydrogen-bond donors (Lipinski definition) is 0. The number of carbonyl (C=O) groups is 2. The number of allylic oxidation sites excluding steroid dienone is 2. The molecule has 0 amide bonds. The minimum absolute atomic E-state index is 0.217. The Kier molecular flexibility index (Phi) is 3.00. The molecule has 2 heterocycles. The molecule has 16 heavy (non-hydrogen) atoms. The fourth-order valence-corrected chi connectivity index (χ4v) is 8.32. The van der Waals surface area contributed by atoms with E-state index in [1.807, 2.05) is 27.7 Å². The third-order valence-electron chi connectivity index (χ3n) is 3.00. The van der Waals surface area contributed by atoms with Gasteiger partial charge < -0.3 is 0 Å². The third-order valence-corrected chi connectivity index (χ3v) is 10.1. The zero-order valence-electron chi connectivity index (χ0n) is 10.0. The van der Waals surface area contributed by atoms with Crippen LogP contribution in [0.1, 0.15) is 27.7 Å². The van der Waals surface area contributed by atoms with Gasteiger partial charge in [-0.2, -0.15) is 0 Å². The number of hydrogen-bond acceptors (Lipinski definition) is 2. The summed E-state index contributed by atoms with van der Waals surface area (Å²) in [4.78, 5) is 24.4. The molecule has 0 unspecified atom stereocenters. The first-order chi connectivity index (χ1) is 7.26. The second kappa shape index (κ2) is 3.81. The van der Waals surface area contributed by atoms with Crippen LogP contribution in [0.2, 0.25) is 10.6 Å². The van der Waals surface area contributed by atoms with Crippen LogP contribution in [0.4, 0.5) is 0 Å². The van der Waals surface area contributed by atoms with Gasteiger partial charge in [-0.15, -0.1) is 0 Å². The first-order valence-electron chi connectivity index (χ1n) is 5.35. The van der Waals surface area contributed by atoms with Crippen molar-refractivity contribution in [1.82, 2.24) is 0 Å². The molecule has 0 atom stereocenters. The van der Waals surface area contributed by atoms with Gasteiger partial charge in [0.15, 0.2) is 0 Å². The molecule has 2 rings (SSSR count). The van der Waals surface area contributed by atoms with Crippen molar-refractivity contribution in [1.29, 1.82) is 0 Å². The van der Waals surface area contributed by atoms with E-state index in [0.717, 1.165) is 19.6 Å². The number of Topliss-reactive ketones (excluding diaryl/α,β-unsaturated/α-hetero) is 2. The van der Waals surface area contributed by atoms with Crippen molar-refractivity contribution >= 4 is 41.5 Å². The van der Waals surface area contributed by atoms with Gasteiger partial charge in [0, 0.05) is 0 Å². The van der Waals surface area contributed by atoms with E-state index in [-0.39, 0.29) is 52.3 Å². The van der Waals surface area contributed by atoms with Crippen LogP contribution in [0.15, 0.2) is 8.94 Å². The predicted molar refractivity (Wildman–Crippen MR) is 65.7 cm³/mol. The zero-order valence-corrected chi connectivity index (χ0v) is 13.5. The number of rotatable bonds is 0. The summed E-state index contributed by atoms with van der Waals surface area (Å²) in [6.07, 6.45) is 0. The Morgan fingerprint density at radius 2 is 1.12 bits per heavy atom. The van der Waals surface area contributed by atoms with Crippen LogP contribution in [0.25, 0.3) is 0 Å². The molecular weight excluding hydrogens is 334 g/mol. The van der Waals surface area contributed by atoms with Gasteiger partial charge in [0.05, 0.1) is 0 Å². The molecule has 4 heteroatoms. The SMILES string of the molecule is CC1(C)C[Se]/C(=C2/[Se]CC(C)(C)C2=O)C1=O. The van der Waals surface area contributed by atoms with Crippen molar-refractivity contribution in [3.63, 3.8) is 0 Å². The second-order valence-electron chi connectivity index (χ2n) is 5.66. The van der Waals surface area contributed by atoms with E-state index in [0.29, 0.717) is 0 Å². The van der Waals surface area contributed by atoms with E-state index >= 15 is 0 Å². The van der Waals surface area contributed by atoms with Gasteiger partial charge in [0.1, 0.15) is 0 Å². The monoisotopic (exact) mass is 352 g/mol. The Labute approximate surface area is 109 Å². The molecular formula is C12H16O2Se2. The van der Waals surface area contributed by atoms with Gasteiger partial charge >= 0.3 is 109 Å². The topological polar surface area (TPSA) is 34.1 Å². The average Bonchev–Trinajstić information content (AvgIpc) is 2.57. The van der Waals surface area contributed by atoms with Gasteiger partial charge in [-0.3, -0.25) is 0 Å². The fraction of sp³-hybridized carbons (Fsp3) is 0.667. The Morgan fingerprint density at radius 3 is 1.31 bits per heavy atom. The molecule has 2 nitrogen and oxygen atoms in total. The van der Waals surface area contributed by atoms with Crippen LogP contribution in [-0.2, 0) is 9.59 Å². The molecule has 0 radical (unpaired) electrons. The molecule has 0 saturated carbocycles. The first-order valence-corrected chi connectivity index (χ1v) is 9.49. The maximum atomic E-state index is 12.2. The van der Waals surface area contributed by atoms with E-state index < -0.39 is 0 Å². The van der Waals surface area contributed by atoms with Crippen molar-refractivity contribution in [2.24, 2.45) is 10.8 Å². The molecule has 2 aliphatic rings. The van der Waals surface area contributed by atoms with Gasteiger partial charge in [-0.05, 0) is 0 Å². The molecule has 0 aromatic carbocycles. The van der Waals surface area contributed by atoms with E-state index in [1.54, 1.807) is 0 Å². The van der Waals surface area contributed by atoms with E-state index in [4.69, 9.17) is 0 Å². The van der Waals surface area contributed by atoms with Crippen molar-refractivity contribution in [3.05, 3.63) is 8.94 Å². The normalized spacial score (nSPS) is 32.5. The first kappa shape index (κ1) is 12.6. The van der Waals surface area contributed by atoms with E-state index in [9.17, 15) is 9.59 Å². The summed E-state index contributed by atoms with van der Waals surface area (Å²) in [7, 11) is 0. The number of carbonyl (C=O) groups excluding carboxylic acids is 2. The average molecular weight is 350 g/mol. The van der Waals surface area contributed by atoms with Gasteiger partial charge in [0.25, 0.3) is 0 Å². The molecule has 0 N–H and O–H groups in total. The minimum atomic E-state index is -0.217. The van der Waals surface area contributed by atoms with E-state index in [1.165, 1.54) is 0 Å². The second-order valence-corrected chi connectivity index (χ2v) is 9.80. The summed E-state index contributed by atoms with van der Waals surface area (Å²) in [6, 6.07) is 0. The standard InChI is InChI=1S/C12H16O2Se2/c1-11(2)5-15-7(9(11)13)8-10(14)12(3,4)6-16-8/h5-6H2,1-4H3/b8-7+. The van der Waals surface area contributed by atoms with Crippen molar-refractivity contribution in [2.45, 2.75) is 38.3 Å². The summed E-state index contributed by atoms with van der Waals surface area (Å²) in [5.74, 6) is 0.492. The van der Waals surface area contributed by atoms with Crippen molar-refractivity contribution in [3.8, 4) is 0 Å². The summed E-state index contributed by atoms with van der Waals surface area (Å²) in [5.41, 5.74) is -0.434. The summed E-state index contributed by atoms with van der Waals surface area (Å²) in [6.45, 7) is 8.01. The van der Waals surface area contributed by atoms with Crippen LogP contribution in [0, 0.1) is 10.8 Å². The molecule has 88 valence electrons. The molecule has 2 aliphatic heterocycles. The van der Waals surface area contributed by atoms with Crippen LogP contribution in [0.5, 0.6) is 0 Å². The van der Waals surface area contributed by atoms with Crippen LogP contribution < -0.4 is 0 Å². The fourth-order valence-electron chi connectivity index (χ4n) is 1.72. The maximum absolute atomic E-state index is 12.2. The third kappa shape index (κ3) is 1.86. The van der Waals surface area contributed by atoms with Gasteiger partial charge in [0.2, 0.25) is 0 Å². The summed E-state index contributed by atoms with van der Waals surface area (Å²) in [5, 5.41) is 1.92. The zero-order chi connectivity index (χ0) is 12.1. The molecule has 0 bridgehead atoms. The molecule has 2 saturated heterocycles. The van der Waals surface area contributed by atoms with Gasteiger partial charge in [-0.25, -0.2) is 0 Å². The van der Waals surface area contributed by atoms with Crippen LogP contribution >= 0.6 is 0 Å². The molecule has 0 spiro atoms. The molecule has 0 aromatic rings. The van der Waals surface area contributed by atoms with Crippen molar-refractivity contribution < 1.29 is 9.59 Å². The Hall–Kier alpha value is 0.119. The molecule has 0 aliphatic carbocycles. The quantitative estimate of drug-likeness (QED) is 0.492. The Morgan fingerprint density at radius 1 is 0.812 bits per heavy atom.